The molecule has 0 aliphatic carbocycles. The van der Waals surface area contributed by atoms with Gasteiger partial charge in [-0.25, -0.2) is 9.97 Å². The molecule has 0 spiro atoms. The number of rotatable bonds is 8. The Morgan fingerprint density at radius 3 is 2.65 bits per heavy atom. The van der Waals surface area contributed by atoms with Crippen molar-refractivity contribution in [2.24, 2.45) is 0 Å². The van der Waals surface area contributed by atoms with E-state index in [-0.39, 0.29) is 11.8 Å². The minimum absolute atomic E-state index is 0.121. The lowest BCUT2D eigenvalue weighted by Crippen LogP contribution is -2.26. The third-order valence-electron chi connectivity index (χ3n) is 6.52. The molecule has 0 saturated carbocycles. The van der Waals surface area contributed by atoms with Gasteiger partial charge in [-0.05, 0) is 60.5 Å². The number of hydrogen-bond acceptors (Lipinski definition) is 7. The van der Waals surface area contributed by atoms with Crippen LogP contribution in [0.2, 0.25) is 0 Å². The Balaban J connectivity index is 1.31. The quantitative estimate of drug-likeness (QED) is 0.253. The van der Waals surface area contributed by atoms with E-state index in [4.69, 9.17) is 9.40 Å². The topological polar surface area (TPSA) is 106 Å². The largest absolute Gasteiger partial charge is 0.443 e. The molecule has 2 amide bonds. The van der Waals surface area contributed by atoms with Crippen LogP contribution in [0.5, 0.6) is 0 Å². The molecule has 0 fully saturated rings. The Morgan fingerprint density at radius 2 is 1.88 bits per heavy atom. The number of nitrogens with zero attached hydrogens (tertiary/aromatic N) is 5. The van der Waals surface area contributed by atoms with Gasteiger partial charge in [0.2, 0.25) is 5.95 Å². The normalized spacial score (nSPS) is 11.0. The lowest BCUT2D eigenvalue weighted by molar-refractivity contribution is 0.0991. The van der Waals surface area contributed by atoms with Crippen molar-refractivity contribution >= 4 is 45.8 Å². The first-order valence-electron chi connectivity index (χ1n) is 12.6. The molecule has 6 rings (SSSR count). The monoisotopic (exact) mass is 548 g/mol. The summed E-state index contributed by atoms with van der Waals surface area (Å²) in [6, 6.07) is 22.3. The molecule has 4 aromatic heterocycles. The molecule has 10 heteroatoms. The zero-order valence-electron chi connectivity index (χ0n) is 21.5. The predicted octanol–water partition coefficient (Wildman–Crippen LogP) is 5.92. The maximum Gasteiger partial charge on any atom is 0.268 e. The van der Waals surface area contributed by atoms with Crippen LogP contribution in [-0.2, 0) is 13.0 Å². The second-order valence-corrected chi connectivity index (χ2v) is 10.2. The number of aryl methyl sites for hydroxylation is 2. The van der Waals surface area contributed by atoms with Gasteiger partial charge in [-0.2, -0.15) is 0 Å². The Labute approximate surface area is 233 Å². The van der Waals surface area contributed by atoms with Gasteiger partial charge in [0.15, 0.2) is 12.2 Å². The van der Waals surface area contributed by atoms with Crippen LogP contribution in [-0.4, -0.2) is 38.4 Å². The minimum atomic E-state index is -0.273. The van der Waals surface area contributed by atoms with Crippen molar-refractivity contribution in [3.05, 3.63) is 114 Å². The number of aromatic nitrogens is 4. The first-order chi connectivity index (χ1) is 19.6. The van der Waals surface area contributed by atoms with E-state index in [1.165, 1.54) is 17.7 Å². The molecular formula is C30H24N6O3S. The summed E-state index contributed by atoms with van der Waals surface area (Å²) in [6.45, 7) is 0.573. The summed E-state index contributed by atoms with van der Waals surface area (Å²) >= 11 is 1.31. The number of fused-ring (bicyclic) bond motifs is 1. The number of nitrogens with one attached hydrogen (secondary N) is 1. The highest BCUT2D eigenvalue weighted by molar-refractivity contribution is 7.17. The Bertz CT molecular complexity index is 1780. The van der Waals surface area contributed by atoms with E-state index in [9.17, 15) is 9.59 Å². The van der Waals surface area contributed by atoms with Gasteiger partial charge in [-0.15, -0.1) is 11.3 Å². The van der Waals surface area contributed by atoms with Crippen molar-refractivity contribution in [2.45, 2.75) is 13.0 Å². The summed E-state index contributed by atoms with van der Waals surface area (Å²) in [5, 5.41) is 2.99. The van der Waals surface area contributed by atoms with Crippen LogP contribution in [0.1, 0.15) is 25.6 Å². The first-order valence-corrected chi connectivity index (χ1v) is 13.4. The average molecular weight is 549 g/mol. The fraction of sp³-hybridized carbons (Fsp3) is 0.100. The highest BCUT2D eigenvalue weighted by atomic mass is 32.1. The lowest BCUT2D eigenvalue weighted by atomic mass is 10.2. The van der Waals surface area contributed by atoms with Crippen LogP contribution in [0.15, 0.2) is 102 Å². The Hall–Kier alpha value is -5.09. The maximum atomic E-state index is 13.3. The average Bonchev–Trinajstić information content (AvgIpc) is 3.76. The fourth-order valence-corrected chi connectivity index (χ4v) is 5.27. The third kappa shape index (κ3) is 5.12. The molecule has 9 nitrogen and oxygen atoms in total. The Morgan fingerprint density at radius 1 is 1.00 bits per heavy atom. The van der Waals surface area contributed by atoms with E-state index in [1.54, 1.807) is 42.5 Å². The number of amides is 2. The number of anilines is 2. The van der Waals surface area contributed by atoms with Crippen LogP contribution >= 0.6 is 11.3 Å². The highest BCUT2D eigenvalue weighted by Crippen LogP contribution is 2.30. The first kappa shape index (κ1) is 25.2. The molecule has 198 valence electrons. The number of hydrogen-bond donors (Lipinski definition) is 1. The summed E-state index contributed by atoms with van der Waals surface area (Å²) in [7, 11) is 1.74. The molecule has 1 N–H and O–H groups in total. The molecule has 0 unspecified atom stereocenters. The van der Waals surface area contributed by atoms with Gasteiger partial charge < -0.3 is 13.9 Å². The zero-order valence-corrected chi connectivity index (χ0v) is 22.3. The number of carbonyl (C=O) groups excluding carboxylic acids is 2. The smallest absolute Gasteiger partial charge is 0.268 e. The van der Waals surface area contributed by atoms with Gasteiger partial charge in [0, 0.05) is 37.2 Å². The van der Waals surface area contributed by atoms with Crippen molar-refractivity contribution in [3.63, 3.8) is 0 Å². The van der Waals surface area contributed by atoms with E-state index in [1.807, 2.05) is 65.4 Å². The number of pyridine rings is 1. The lowest BCUT2D eigenvalue weighted by Gasteiger charge is -2.17. The van der Waals surface area contributed by atoms with Crippen molar-refractivity contribution in [3.8, 4) is 10.6 Å². The molecule has 0 atom stereocenters. The van der Waals surface area contributed by atoms with Crippen molar-refractivity contribution in [1.82, 2.24) is 19.5 Å². The van der Waals surface area contributed by atoms with Crippen LogP contribution in [0.4, 0.5) is 11.6 Å². The molecule has 0 radical (unpaired) electrons. The van der Waals surface area contributed by atoms with Gasteiger partial charge in [0.1, 0.15) is 0 Å². The molecule has 0 aliphatic rings. The van der Waals surface area contributed by atoms with Gasteiger partial charge in [-0.3, -0.25) is 19.9 Å². The standard InChI is InChI=1S/C30H24N6O3S/c1-35(29(38)21-7-3-2-4-8-21)22-9-10-24-23(16-22)33-30(36(24)15-13-20-6-5-14-31-17-20)34-28(37)27-12-11-26(40-27)25-18-32-19-39-25/h2-12,14,16-19H,13,15H2,1H3,(H,33,34,37). The molecule has 40 heavy (non-hydrogen) atoms. The van der Waals surface area contributed by atoms with Crippen LogP contribution in [0, 0.1) is 0 Å². The molecule has 0 aliphatic heterocycles. The summed E-state index contributed by atoms with van der Waals surface area (Å²) in [5.41, 5.74) is 3.88. The van der Waals surface area contributed by atoms with Crippen molar-refractivity contribution in [1.29, 1.82) is 0 Å². The van der Waals surface area contributed by atoms with Crippen LogP contribution < -0.4 is 10.2 Å². The number of oxazole rings is 1. The van der Waals surface area contributed by atoms with E-state index < -0.39 is 0 Å². The molecule has 6 aromatic rings. The molecule has 4 heterocycles. The molecule has 0 bridgehead atoms. The number of carbonyl (C=O) groups is 2. The van der Waals surface area contributed by atoms with Gasteiger partial charge >= 0.3 is 0 Å². The zero-order chi connectivity index (χ0) is 27.5. The van der Waals surface area contributed by atoms with E-state index in [2.05, 4.69) is 15.3 Å². The third-order valence-corrected chi connectivity index (χ3v) is 7.62. The minimum Gasteiger partial charge on any atom is -0.443 e. The van der Waals surface area contributed by atoms with E-state index >= 15 is 0 Å². The molecule has 2 aromatic carbocycles. The summed E-state index contributed by atoms with van der Waals surface area (Å²) in [6.07, 6.45) is 7.24. The summed E-state index contributed by atoms with van der Waals surface area (Å²) < 4.78 is 7.34. The second-order valence-electron chi connectivity index (χ2n) is 9.09. The molecule has 0 saturated heterocycles. The van der Waals surface area contributed by atoms with E-state index in [0.29, 0.717) is 46.3 Å². The highest BCUT2D eigenvalue weighted by Gasteiger charge is 2.19. The van der Waals surface area contributed by atoms with Crippen LogP contribution in [0.25, 0.3) is 21.7 Å². The summed E-state index contributed by atoms with van der Waals surface area (Å²) in [5.74, 6) is 0.636. The fourth-order valence-electron chi connectivity index (χ4n) is 4.42. The maximum absolute atomic E-state index is 13.3. The number of imidazole rings is 1. The number of thiophene rings is 1. The summed E-state index contributed by atoms with van der Waals surface area (Å²) in [4.78, 5) is 42.1. The van der Waals surface area contributed by atoms with Gasteiger partial charge in [-0.1, -0.05) is 24.3 Å². The SMILES string of the molecule is CN(C(=O)c1ccccc1)c1ccc2c(c1)nc(NC(=O)c1ccc(-c3cnco3)s1)n2CCc1cccnc1. The molecular weight excluding hydrogens is 524 g/mol. The second kappa shape index (κ2) is 11.0. The van der Waals surface area contributed by atoms with Crippen molar-refractivity contribution in [2.75, 3.05) is 17.3 Å². The van der Waals surface area contributed by atoms with Gasteiger partial charge in [0.05, 0.1) is 27.0 Å². The van der Waals surface area contributed by atoms with Gasteiger partial charge in [0.25, 0.3) is 11.8 Å². The van der Waals surface area contributed by atoms with Crippen LogP contribution in [0.3, 0.4) is 0 Å². The predicted molar refractivity (Wildman–Crippen MR) is 155 cm³/mol. The number of benzene rings is 2. The van der Waals surface area contributed by atoms with E-state index in [0.717, 1.165) is 16.0 Å². The van der Waals surface area contributed by atoms with Crippen molar-refractivity contribution < 1.29 is 14.0 Å². The Kier molecular flexibility index (Phi) is 6.90.